The first kappa shape index (κ1) is 15.1. The van der Waals surface area contributed by atoms with Crippen LogP contribution in [-0.4, -0.2) is 43.5 Å². The molecule has 0 aromatic heterocycles. The van der Waals surface area contributed by atoms with Crippen molar-refractivity contribution in [2.24, 2.45) is 10.9 Å². The number of hydrogen-bond donors (Lipinski definition) is 2. The second-order valence-electron chi connectivity index (χ2n) is 6.35. The lowest BCUT2D eigenvalue weighted by Gasteiger charge is -2.37. The monoisotopic (exact) mass is 316 g/mol. The second kappa shape index (κ2) is 6.12. The molecule has 0 unspecified atom stereocenters. The molecule has 1 heterocycles. The first-order chi connectivity index (χ1) is 10.1. The molecular formula is C14H24N2O4S. The van der Waals surface area contributed by atoms with Crippen molar-refractivity contribution in [1.82, 2.24) is 4.72 Å². The summed E-state index contributed by atoms with van der Waals surface area (Å²) in [5.74, 6) is 0.114. The van der Waals surface area contributed by atoms with Gasteiger partial charge in [0.1, 0.15) is 11.4 Å². The average molecular weight is 316 g/mol. The van der Waals surface area contributed by atoms with E-state index in [9.17, 15) is 13.5 Å². The van der Waals surface area contributed by atoms with Crippen LogP contribution in [0.1, 0.15) is 51.4 Å². The highest BCUT2D eigenvalue weighted by Crippen LogP contribution is 2.31. The maximum absolute atomic E-state index is 12.3. The number of amidine groups is 1. The first-order valence-corrected chi connectivity index (χ1v) is 9.52. The number of aliphatic hydroxyl groups excluding tert-OH is 1. The molecule has 2 N–H and O–H groups in total. The molecule has 0 aromatic rings. The summed E-state index contributed by atoms with van der Waals surface area (Å²) in [6.07, 6.45) is 7.11. The Bertz CT molecular complexity index is 505. The number of fused-ring (bicyclic) bond motifs is 1. The van der Waals surface area contributed by atoms with E-state index < -0.39 is 15.3 Å². The zero-order valence-electron chi connectivity index (χ0n) is 12.2. The average Bonchev–Trinajstić information content (AvgIpc) is 2.47. The molecule has 120 valence electrons. The van der Waals surface area contributed by atoms with Gasteiger partial charge in [0.2, 0.25) is 10.0 Å². The fourth-order valence-corrected chi connectivity index (χ4v) is 5.26. The zero-order valence-corrected chi connectivity index (χ0v) is 13.0. The van der Waals surface area contributed by atoms with Crippen molar-refractivity contribution in [2.45, 2.75) is 68.8 Å². The van der Waals surface area contributed by atoms with Gasteiger partial charge < -0.3 is 9.84 Å². The Morgan fingerprint density at radius 2 is 1.86 bits per heavy atom. The van der Waals surface area contributed by atoms with E-state index in [1.165, 1.54) is 0 Å². The molecule has 3 rings (SSSR count). The van der Waals surface area contributed by atoms with E-state index in [-0.39, 0.29) is 30.7 Å². The highest BCUT2D eigenvalue weighted by Gasteiger charge is 2.43. The molecule has 2 aliphatic carbocycles. The minimum atomic E-state index is -3.38. The molecule has 2 saturated carbocycles. The number of nitrogens with zero attached hydrogens (tertiary/aromatic N) is 1. The van der Waals surface area contributed by atoms with E-state index in [4.69, 9.17) is 4.74 Å². The maximum Gasteiger partial charge on any atom is 0.299 e. The van der Waals surface area contributed by atoms with Gasteiger partial charge in [-0.1, -0.05) is 19.3 Å². The van der Waals surface area contributed by atoms with Gasteiger partial charge in [0.15, 0.2) is 0 Å². The van der Waals surface area contributed by atoms with Crippen LogP contribution in [0.15, 0.2) is 4.99 Å². The van der Waals surface area contributed by atoms with Crippen molar-refractivity contribution in [3.8, 4) is 0 Å². The zero-order chi connectivity index (χ0) is 14.9. The smallest absolute Gasteiger partial charge is 0.299 e. The largest absolute Gasteiger partial charge is 0.460 e. The van der Waals surface area contributed by atoms with Gasteiger partial charge in [0.05, 0.1) is 6.04 Å². The number of sulfonamides is 1. The maximum atomic E-state index is 12.3. The van der Waals surface area contributed by atoms with Gasteiger partial charge in [0.25, 0.3) is 6.02 Å². The molecule has 7 heteroatoms. The summed E-state index contributed by atoms with van der Waals surface area (Å²) in [6, 6.07) is 0.102. The van der Waals surface area contributed by atoms with E-state index in [1.54, 1.807) is 0 Å². The molecule has 21 heavy (non-hydrogen) atoms. The van der Waals surface area contributed by atoms with E-state index in [0.29, 0.717) is 6.42 Å². The molecule has 3 fully saturated rings. The third-order valence-corrected chi connectivity index (χ3v) is 6.72. The van der Waals surface area contributed by atoms with Crippen molar-refractivity contribution >= 4 is 16.0 Å². The standard InChI is InChI=1S/C14H24N2O4S/c17-9-10-5-1-2-6-11(10)15-14-16-21(18,19)13-8-4-3-7-12(13)20-14/h10-13,17H,1-9H2,(H,15,16)/t10-,11+,12-,13+/m0/s1. The highest BCUT2D eigenvalue weighted by molar-refractivity contribution is 7.90. The Labute approximate surface area is 126 Å². The van der Waals surface area contributed by atoms with Gasteiger partial charge in [-0.15, -0.1) is 0 Å². The summed E-state index contributed by atoms with van der Waals surface area (Å²) < 4.78 is 32.9. The van der Waals surface area contributed by atoms with Crippen LogP contribution >= 0.6 is 0 Å². The number of hydrogen-bond acceptors (Lipinski definition) is 5. The Morgan fingerprint density at radius 3 is 2.67 bits per heavy atom. The first-order valence-electron chi connectivity index (χ1n) is 7.97. The molecule has 6 nitrogen and oxygen atoms in total. The second-order valence-corrected chi connectivity index (χ2v) is 8.25. The van der Waals surface area contributed by atoms with Crippen molar-refractivity contribution < 1.29 is 18.3 Å². The van der Waals surface area contributed by atoms with E-state index in [0.717, 1.165) is 44.9 Å². The van der Waals surface area contributed by atoms with Crippen molar-refractivity contribution in [1.29, 1.82) is 0 Å². The molecule has 0 bridgehead atoms. The third-order valence-electron chi connectivity index (χ3n) is 4.92. The fourth-order valence-electron chi connectivity index (χ4n) is 3.70. The topological polar surface area (TPSA) is 88.0 Å². The molecule has 0 radical (unpaired) electrons. The number of aliphatic hydroxyl groups is 1. The predicted octanol–water partition coefficient (Wildman–Crippen LogP) is 1.15. The van der Waals surface area contributed by atoms with Crippen LogP contribution in [0.2, 0.25) is 0 Å². The summed E-state index contributed by atoms with van der Waals surface area (Å²) in [5, 5.41) is 8.99. The van der Waals surface area contributed by atoms with E-state index >= 15 is 0 Å². The van der Waals surface area contributed by atoms with Gasteiger partial charge in [-0.2, -0.15) is 0 Å². The Morgan fingerprint density at radius 1 is 1.14 bits per heavy atom. The van der Waals surface area contributed by atoms with Crippen LogP contribution in [0.4, 0.5) is 0 Å². The fraction of sp³-hybridized carbons (Fsp3) is 0.929. The number of ether oxygens (including phenoxy) is 1. The predicted molar refractivity (Wildman–Crippen MR) is 79.5 cm³/mol. The molecule has 1 aliphatic heterocycles. The summed E-state index contributed by atoms with van der Waals surface area (Å²) >= 11 is 0. The van der Waals surface area contributed by atoms with Crippen LogP contribution < -0.4 is 4.72 Å². The summed E-state index contributed by atoms with van der Waals surface area (Å²) in [6.45, 7) is 0.0975. The summed E-state index contributed by atoms with van der Waals surface area (Å²) in [5.41, 5.74) is 0. The number of nitrogens with one attached hydrogen (secondary N) is 1. The molecule has 4 atom stereocenters. The molecule has 1 saturated heterocycles. The van der Waals surface area contributed by atoms with E-state index in [2.05, 4.69) is 9.71 Å². The molecule has 0 amide bonds. The van der Waals surface area contributed by atoms with Gasteiger partial charge in [-0.25, -0.2) is 18.1 Å². The summed E-state index contributed by atoms with van der Waals surface area (Å²) in [4.78, 5) is 4.48. The van der Waals surface area contributed by atoms with Gasteiger partial charge in [0, 0.05) is 12.5 Å². The lowest BCUT2D eigenvalue weighted by atomic mass is 9.85. The molecule has 0 aromatic carbocycles. The lowest BCUT2D eigenvalue weighted by Crippen LogP contribution is -2.54. The third kappa shape index (κ3) is 3.18. The lowest BCUT2D eigenvalue weighted by molar-refractivity contribution is 0.126. The summed E-state index contributed by atoms with van der Waals surface area (Å²) in [7, 11) is -3.38. The van der Waals surface area contributed by atoms with Crippen molar-refractivity contribution in [3.63, 3.8) is 0 Å². The van der Waals surface area contributed by atoms with Crippen LogP contribution in [-0.2, 0) is 14.8 Å². The van der Waals surface area contributed by atoms with Crippen molar-refractivity contribution in [2.75, 3.05) is 6.61 Å². The van der Waals surface area contributed by atoms with Crippen molar-refractivity contribution in [3.05, 3.63) is 0 Å². The van der Waals surface area contributed by atoms with E-state index in [1.807, 2.05) is 0 Å². The van der Waals surface area contributed by atoms with Crippen LogP contribution in [0.25, 0.3) is 0 Å². The number of rotatable bonds is 2. The van der Waals surface area contributed by atoms with Gasteiger partial charge in [-0.3, -0.25) is 0 Å². The van der Waals surface area contributed by atoms with Gasteiger partial charge >= 0.3 is 0 Å². The van der Waals surface area contributed by atoms with Crippen LogP contribution in [0.5, 0.6) is 0 Å². The highest BCUT2D eigenvalue weighted by atomic mass is 32.2. The molecular weight excluding hydrogens is 292 g/mol. The normalized spacial score (nSPS) is 40.9. The SMILES string of the molecule is O=S1(=O)NC(=N[C@@H]2CCCC[C@H]2CO)O[C@H]2CCCC[C@H]21. The Kier molecular flexibility index (Phi) is 4.40. The minimum Gasteiger partial charge on any atom is -0.460 e. The van der Waals surface area contributed by atoms with Crippen LogP contribution in [0.3, 0.4) is 0 Å². The van der Waals surface area contributed by atoms with Crippen LogP contribution in [0, 0.1) is 5.92 Å². The quantitative estimate of drug-likeness (QED) is 0.800. The molecule has 3 aliphatic rings. The van der Waals surface area contributed by atoms with Gasteiger partial charge in [-0.05, 0) is 32.1 Å². The molecule has 0 spiro atoms. The number of aliphatic imine (C=N–C) groups is 1. The Balaban J connectivity index is 1.77. The minimum absolute atomic E-state index is 0.0402. The Hall–Kier alpha value is -0.820.